The maximum Gasteiger partial charge on any atom is 0.322 e. The van der Waals surface area contributed by atoms with Crippen LogP contribution in [0.15, 0.2) is 54.6 Å². The Morgan fingerprint density at radius 2 is 1.94 bits per heavy atom. The second-order valence-corrected chi connectivity index (χ2v) is 9.57. The molecule has 2 saturated heterocycles. The standard InChI is InChI=1S/C26H32ClN3O5/c1-17(18-6-3-2-4-7-18)28-25(32)13-22-10-11-23-24(35-22)16-34-15-21(31)14-30(23)26(33)29-20-9-5-8-19(27)12-20/h2-9,12,17,21-24,31H,10-11,13-16H2,1H3,(H,28,32)(H,29,33)/t17-,21+,22-,23+,24-/m0/s1. The van der Waals surface area contributed by atoms with E-state index in [2.05, 4.69) is 10.6 Å². The highest BCUT2D eigenvalue weighted by molar-refractivity contribution is 6.30. The molecule has 2 aromatic rings. The highest BCUT2D eigenvalue weighted by atomic mass is 35.5. The van der Waals surface area contributed by atoms with Gasteiger partial charge in [-0.25, -0.2) is 4.79 Å². The SMILES string of the molecule is C[C@H](NC(=O)C[C@@H]1CC[C@@H]2[C@H](COC[C@H](O)CN2C(=O)Nc2cccc(Cl)c2)O1)c1ccccc1. The molecule has 5 atom stereocenters. The second-order valence-electron chi connectivity index (χ2n) is 9.13. The number of fused-ring (bicyclic) bond motifs is 1. The molecule has 0 bridgehead atoms. The summed E-state index contributed by atoms with van der Waals surface area (Å²) in [6, 6.07) is 16.0. The Balaban J connectivity index is 1.38. The van der Waals surface area contributed by atoms with Crippen LogP contribution in [-0.4, -0.2) is 66.1 Å². The molecule has 0 radical (unpaired) electrons. The summed E-state index contributed by atoms with van der Waals surface area (Å²) < 4.78 is 11.9. The Hall–Kier alpha value is -2.65. The lowest BCUT2D eigenvalue weighted by Gasteiger charge is -2.44. The number of hydrogen-bond acceptors (Lipinski definition) is 5. The van der Waals surface area contributed by atoms with Crippen molar-refractivity contribution in [3.63, 3.8) is 0 Å². The zero-order chi connectivity index (χ0) is 24.8. The number of rotatable bonds is 5. The van der Waals surface area contributed by atoms with E-state index in [1.165, 1.54) is 0 Å². The van der Waals surface area contributed by atoms with Gasteiger partial charge in [0, 0.05) is 10.7 Å². The summed E-state index contributed by atoms with van der Waals surface area (Å²) in [6.07, 6.45) is 0.0126. The lowest BCUT2D eigenvalue weighted by atomic mass is 9.94. The van der Waals surface area contributed by atoms with Crippen molar-refractivity contribution in [3.8, 4) is 0 Å². The van der Waals surface area contributed by atoms with Gasteiger partial charge in [-0.2, -0.15) is 0 Å². The maximum absolute atomic E-state index is 13.2. The van der Waals surface area contributed by atoms with Gasteiger partial charge in [0.05, 0.1) is 50.5 Å². The quantitative estimate of drug-likeness (QED) is 0.579. The van der Waals surface area contributed by atoms with Gasteiger partial charge in [-0.15, -0.1) is 0 Å². The van der Waals surface area contributed by atoms with Gasteiger partial charge in [0.15, 0.2) is 0 Å². The van der Waals surface area contributed by atoms with Gasteiger partial charge in [-0.3, -0.25) is 4.79 Å². The Bertz CT molecular complexity index is 1010. The van der Waals surface area contributed by atoms with Crippen LogP contribution in [0.4, 0.5) is 10.5 Å². The van der Waals surface area contributed by atoms with Crippen LogP contribution in [0.1, 0.15) is 37.8 Å². The predicted octanol–water partition coefficient (Wildman–Crippen LogP) is 3.75. The van der Waals surface area contributed by atoms with Gasteiger partial charge >= 0.3 is 6.03 Å². The first-order valence-corrected chi connectivity index (χ1v) is 12.4. The highest BCUT2D eigenvalue weighted by Gasteiger charge is 2.40. The van der Waals surface area contributed by atoms with Gasteiger partial charge in [0.25, 0.3) is 0 Å². The van der Waals surface area contributed by atoms with E-state index in [1.54, 1.807) is 29.2 Å². The number of nitrogens with one attached hydrogen (secondary N) is 2. The molecular weight excluding hydrogens is 470 g/mol. The number of aliphatic hydroxyl groups excluding tert-OH is 1. The molecule has 0 saturated carbocycles. The molecule has 9 heteroatoms. The van der Waals surface area contributed by atoms with Gasteiger partial charge in [-0.05, 0) is 43.5 Å². The van der Waals surface area contributed by atoms with E-state index in [1.807, 2.05) is 37.3 Å². The average molecular weight is 502 g/mol. The number of aliphatic hydroxyl groups is 1. The zero-order valence-electron chi connectivity index (χ0n) is 19.7. The summed E-state index contributed by atoms with van der Waals surface area (Å²) in [7, 11) is 0. The fraction of sp³-hybridized carbons (Fsp3) is 0.462. The van der Waals surface area contributed by atoms with Crippen molar-refractivity contribution in [2.45, 2.75) is 56.6 Å². The Morgan fingerprint density at radius 3 is 2.71 bits per heavy atom. The summed E-state index contributed by atoms with van der Waals surface area (Å²) in [6.45, 7) is 2.42. The third kappa shape index (κ3) is 6.95. The van der Waals surface area contributed by atoms with Crippen LogP contribution in [-0.2, 0) is 14.3 Å². The van der Waals surface area contributed by atoms with Crippen molar-refractivity contribution in [1.29, 1.82) is 0 Å². The van der Waals surface area contributed by atoms with E-state index >= 15 is 0 Å². The number of ether oxygens (including phenoxy) is 2. The molecular formula is C26H32ClN3O5. The number of carbonyl (C=O) groups excluding carboxylic acids is 2. The van der Waals surface area contributed by atoms with Crippen LogP contribution in [0.25, 0.3) is 0 Å². The van der Waals surface area contributed by atoms with Crippen molar-refractivity contribution < 1.29 is 24.2 Å². The van der Waals surface area contributed by atoms with E-state index in [0.29, 0.717) is 23.6 Å². The van der Waals surface area contributed by atoms with Crippen molar-refractivity contribution in [1.82, 2.24) is 10.2 Å². The normalized spacial score (nSPS) is 25.5. The van der Waals surface area contributed by atoms with Gasteiger partial charge in [-0.1, -0.05) is 48.0 Å². The fourth-order valence-corrected chi connectivity index (χ4v) is 4.86. The molecule has 0 aromatic heterocycles. The average Bonchev–Trinajstić information content (AvgIpc) is 2.82. The van der Waals surface area contributed by atoms with Crippen molar-refractivity contribution in [2.75, 3.05) is 25.1 Å². The number of nitrogens with zero attached hydrogens (tertiary/aromatic N) is 1. The van der Waals surface area contributed by atoms with E-state index in [4.69, 9.17) is 21.1 Å². The summed E-state index contributed by atoms with van der Waals surface area (Å²) in [5.41, 5.74) is 1.62. The molecule has 2 aliphatic heterocycles. The number of β-amino-alcohol motifs (C(OH)–C–C–N with tert-alkyl or cyclic N) is 1. The number of amides is 3. The van der Waals surface area contributed by atoms with Crippen LogP contribution >= 0.6 is 11.6 Å². The van der Waals surface area contributed by atoms with Gasteiger partial charge < -0.3 is 30.1 Å². The number of hydrogen-bond donors (Lipinski definition) is 3. The molecule has 35 heavy (non-hydrogen) atoms. The first-order valence-electron chi connectivity index (χ1n) is 12.0. The summed E-state index contributed by atoms with van der Waals surface area (Å²) in [4.78, 5) is 27.5. The summed E-state index contributed by atoms with van der Waals surface area (Å²) >= 11 is 6.05. The molecule has 3 N–H and O–H groups in total. The molecule has 2 fully saturated rings. The molecule has 0 unspecified atom stereocenters. The topological polar surface area (TPSA) is 100 Å². The molecule has 0 aliphatic carbocycles. The summed E-state index contributed by atoms with van der Waals surface area (Å²) in [5.74, 6) is -0.0810. The predicted molar refractivity (Wildman–Crippen MR) is 133 cm³/mol. The van der Waals surface area contributed by atoms with Crippen molar-refractivity contribution in [2.24, 2.45) is 0 Å². The highest BCUT2D eigenvalue weighted by Crippen LogP contribution is 2.29. The van der Waals surface area contributed by atoms with E-state index in [0.717, 1.165) is 5.56 Å². The number of benzene rings is 2. The van der Waals surface area contributed by atoms with Crippen LogP contribution < -0.4 is 10.6 Å². The number of halogens is 1. The number of anilines is 1. The Kier molecular flexibility index (Phi) is 8.62. The molecule has 2 aromatic carbocycles. The minimum Gasteiger partial charge on any atom is -0.389 e. The Labute approximate surface area is 210 Å². The van der Waals surface area contributed by atoms with E-state index in [9.17, 15) is 14.7 Å². The molecule has 188 valence electrons. The van der Waals surface area contributed by atoms with Crippen molar-refractivity contribution >= 4 is 29.2 Å². The van der Waals surface area contributed by atoms with Gasteiger partial charge in [0.1, 0.15) is 6.10 Å². The van der Waals surface area contributed by atoms with Crippen LogP contribution in [0.2, 0.25) is 5.02 Å². The van der Waals surface area contributed by atoms with E-state index < -0.39 is 12.2 Å². The minimum absolute atomic E-state index is 0.0810. The monoisotopic (exact) mass is 501 g/mol. The molecule has 4 rings (SSSR count). The lowest BCUT2D eigenvalue weighted by molar-refractivity contribution is -0.150. The molecule has 8 nitrogen and oxygen atoms in total. The first-order chi connectivity index (χ1) is 16.9. The van der Waals surface area contributed by atoms with Crippen LogP contribution in [0.3, 0.4) is 0 Å². The zero-order valence-corrected chi connectivity index (χ0v) is 20.5. The molecule has 2 aliphatic rings. The number of carbonyl (C=O) groups is 2. The molecule has 3 amide bonds. The molecule has 2 heterocycles. The summed E-state index contributed by atoms with van der Waals surface area (Å²) in [5, 5.41) is 16.7. The minimum atomic E-state index is -0.802. The largest absolute Gasteiger partial charge is 0.389 e. The van der Waals surface area contributed by atoms with Crippen LogP contribution in [0.5, 0.6) is 0 Å². The van der Waals surface area contributed by atoms with Crippen molar-refractivity contribution in [3.05, 3.63) is 65.2 Å². The number of urea groups is 1. The third-order valence-electron chi connectivity index (χ3n) is 6.41. The first kappa shape index (κ1) is 25.4. The lowest BCUT2D eigenvalue weighted by Crippen LogP contribution is -2.58. The Morgan fingerprint density at radius 1 is 1.14 bits per heavy atom. The smallest absolute Gasteiger partial charge is 0.322 e. The van der Waals surface area contributed by atoms with Crippen LogP contribution in [0, 0.1) is 0 Å². The second kappa shape index (κ2) is 11.9. The fourth-order valence-electron chi connectivity index (χ4n) is 4.67. The maximum atomic E-state index is 13.2. The van der Waals surface area contributed by atoms with Gasteiger partial charge in [0.2, 0.25) is 5.91 Å². The molecule has 0 spiro atoms. The third-order valence-corrected chi connectivity index (χ3v) is 6.64. The van der Waals surface area contributed by atoms with E-state index in [-0.39, 0.29) is 56.3 Å².